The van der Waals surface area contributed by atoms with Gasteiger partial charge in [-0.1, -0.05) is 41.9 Å². The van der Waals surface area contributed by atoms with Gasteiger partial charge in [0.15, 0.2) is 11.0 Å². The molecule has 1 aliphatic heterocycles. The average Bonchev–Trinajstić information content (AvgIpc) is 3.15. The van der Waals surface area contributed by atoms with Crippen LogP contribution >= 0.6 is 11.6 Å². The molecule has 1 amide bonds. The van der Waals surface area contributed by atoms with Crippen LogP contribution in [0.15, 0.2) is 60.7 Å². The number of hydrogen-bond donors (Lipinski definition) is 1. The number of ether oxygens (including phenoxy) is 1. The molecular formula is C24H19ClFN5O2. The molecule has 0 unspecified atom stereocenters. The lowest BCUT2D eigenvalue weighted by atomic mass is 9.86. The van der Waals surface area contributed by atoms with Gasteiger partial charge in [-0.15, -0.1) is 10.2 Å². The molecular weight excluding hydrogens is 445 g/mol. The van der Waals surface area contributed by atoms with E-state index in [0.29, 0.717) is 29.4 Å². The van der Waals surface area contributed by atoms with Crippen LogP contribution in [0.5, 0.6) is 5.75 Å². The van der Waals surface area contributed by atoms with Gasteiger partial charge in [0.2, 0.25) is 5.91 Å². The zero-order valence-electron chi connectivity index (χ0n) is 17.6. The highest BCUT2D eigenvalue weighted by Crippen LogP contribution is 2.40. The van der Waals surface area contributed by atoms with E-state index in [4.69, 9.17) is 16.3 Å². The van der Waals surface area contributed by atoms with E-state index >= 15 is 0 Å². The van der Waals surface area contributed by atoms with E-state index in [0.717, 1.165) is 16.8 Å². The number of halogens is 2. The maximum Gasteiger partial charge on any atom is 0.226 e. The molecule has 0 aliphatic carbocycles. The second-order valence-electron chi connectivity index (χ2n) is 7.73. The van der Waals surface area contributed by atoms with Crippen LogP contribution in [0, 0.1) is 12.7 Å². The second kappa shape index (κ2) is 8.63. The smallest absolute Gasteiger partial charge is 0.226 e. The van der Waals surface area contributed by atoms with Crippen molar-refractivity contribution in [3.05, 3.63) is 94.0 Å². The van der Waals surface area contributed by atoms with Gasteiger partial charge in [0, 0.05) is 23.5 Å². The number of anilines is 1. The maximum atomic E-state index is 13.8. The summed E-state index contributed by atoms with van der Waals surface area (Å²) < 4.78 is 21.1. The van der Waals surface area contributed by atoms with Gasteiger partial charge in [0.05, 0.1) is 5.69 Å². The number of hydrogen-bond acceptors (Lipinski definition) is 5. The summed E-state index contributed by atoms with van der Waals surface area (Å²) >= 11 is 5.85. The first-order valence-electron chi connectivity index (χ1n) is 10.3. The Morgan fingerprint density at radius 1 is 1.12 bits per heavy atom. The summed E-state index contributed by atoms with van der Waals surface area (Å²) in [5, 5.41) is 15.7. The third kappa shape index (κ3) is 4.17. The van der Waals surface area contributed by atoms with Gasteiger partial charge < -0.3 is 10.1 Å². The molecule has 1 N–H and O–H groups in total. The molecule has 0 fully saturated rings. The number of amides is 1. The van der Waals surface area contributed by atoms with Gasteiger partial charge in [0.1, 0.15) is 24.0 Å². The highest BCUT2D eigenvalue weighted by atomic mass is 35.5. The van der Waals surface area contributed by atoms with Crippen molar-refractivity contribution in [1.29, 1.82) is 0 Å². The van der Waals surface area contributed by atoms with Crippen molar-refractivity contribution in [2.75, 3.05) is 5.32 Å². The van der Waals surface area contributed by atoms with Crippen LogP contribution in [-0.4, -0.2) is 25.9 Å². The van der Waals surface area contributed by atoms with E-state index in [-0.39, 0.29) is 29.4 Å². The monoisotopic (exact) mass is 463 g/mol. The van der Waals surface area contributed by atoms with Crippen LogP contribution in [0.1, 0.15) is 34.7 Å². The van der Waals surface area contributed by atoms with Gasteiger partial charge in [-0.3, -0.25) is 4.79 Å². The lowest BCUT2D eigenvalue weighted by Crippen LogP contribution is -2.25. The van der Waals surface area contributed by atoms with Crippen molar-refractivity contribution < 1.29 is 13.9 Å². The van der Waals surface area contributed by atoms with Crippen molar-refractivity contribution in [2.24, 2.45) is 0 Å². The van der Waals surface area contributed by atoms with Gasteiger partial charge in [-0.25, -0.2) is 4.39 Å². The summed E-state index contributed by atoms with van der Waals surface area (Å²) in [4.78, 5) is 12.5. The predicted molar refractivity (Wildman–Crippen MR) is 121 cm³/mol. The first-order valence-corrected chi connectivity index (χ1v) is 10.7. The Balaban J connectivity index is 1.42. The molecule has 7 nitrogen and oxygen atoms in total. The molecule has 33 heavy (non-hydrogen) atoms. The molecule has 2 aromatic carbocycles. The van der Waals surface area contributed by atoms with Crippen molar-refractivity contribution in [1.82, 2.24) is 20.0 Å². The minimum atomic E-state index is -0.298. The predicted octanol–water partition coefficient (Wildman–Crippen LogP) is 4.82. The Kier molecular flexibility index (Phi) is 5.51. The fraction of sp³-hybridized carbons (Fsp3) is 0.167. The van der Waals surface area contributed by atoms with Crippen LogP contribution in [0.2, 0.25) is 5.15 Å². The average molecular weight is 464 g/mol. The highest BCUT2D eigenvalue weighted by Gasteiger charge is 2.33. The Morgan fingerprint density at radius 2 is 1.91 bits per heavy atom. The number of rotatable bonds is 5. The largest absolute Gasteiger partial charge is 0.489 e. The van der Waals surface area contributed by atoms with E-state index in [2.05, 4.69) is 20.6 Å². The van der Waals surface area contributed by atoms with Gasteiger partial charge in [-0.05, 0) is 42.8 Å². The van der Waals surface area contributed by atoms with E-state index in [9.17, 15) is 9.18 Å². The molecule has 1 aliphatic rings. The summed E-state index contributed by atoms with van der Waals surface area (Å²) in [5.74, 6) is 1.06. The first kappa shape index (κ1) is 21.1. The molecule has 0 radical (unpaired) electrons. The van der Waals surface area contributed by atoms with Crippen LogP contribution in [-0.2, 0) is 11.4 Å². The maximum absolute atomic E-state index is 13.8. The van der Waals surface area contributed by atoms with Crippen LogP contribution in [0.4, 0.5) is 10.2 Å². The number of aromatic nitrogens is 4. The summed E-state index contributed by atoms with van der Waals surface area (Å²) in [5.41, 5.74) is 3.15. The summed E-state index contributed by atoms with van der Waals surface area (Å²) in [6.07, 6.45) is 0.293. The topological polar surface area (TPSA) is 81.9 Å². The fourth-order valence-electron chi connectivity index (χ4n) is 3.99. The standard InChI is InChI=1S/C24H19ClFN5O2/c1-14-23-18(12-22(32)27-24(23)31(30-14)21-11-10-20(25)28-29-21)15-6-8-17(9-7-15)33-13-16-4-2-3-5-19(16)26/h2-11,18H,12-13H2,1H3,(H,27,32)/t18-/m0/s1. The van der Waals surface area contributed by atoms with E-state index in [1.807, 2.05) is 31.2 Å². The third-order valence-corrected chi connectivity index (χ3v) is 5.77. The lowest BCUT2D eigenvalue weighted by molar-refractivity contribution is -0.116. The summed E-state index contributed by atoms with van der Waals surface area (Å²) in [6, 6.07) is 17.3. The Bertz CT molecular complexity index is 1320. The number of benzene rings is 2. The number of nitrogens with one attached hydrogen (secondary N) is 1. The highest BCUT2D eigenvalue weighted by molar-refractivity contribution is 6.29. The number of carbonyl (C=O) groups is 1. The minimum absolute atomic E-state index is 0.115. The Morgan fingerprint density at radius 3 is 2.64 bits per heavy atom. The number of carbonyl (C=O) groups excluding carboxylic acids is 1. The van der Waals surface area contributed by atoms with E-state index in [1.54, 1.807) is 35.0 Å². The third-order valence-electron chi connectivity index (χ3n) is 5.57. The van der Waals surface area contributed by atoms with Crippen molar-refractivity contribution >= 4 is 23.3 Å². The van der Waals surface area contributed by atoms with Crippen molar-refractivity contribution in [2.45, 2.75) is 25.9 Å². The second-order valence-corrected chi connectivity index (χ2v) is 8.12. The van der Waals surface area contributed by atoms with Crippen molar-refractivity contribution in [3.63, 3.8) is 0 Å². The zero-order chi connectivity index (χ0) is 22.9. The van der Waals surface area contributed by atoms with Gasteiger partial charge in [-0.2, -0.15) is 9.78 Å². The fourth-order valence-corrected chi connectivity index (χ4v) is 4.09. The van der Waals surface area contributed by atoms with E-state index < -0.39 is 0 Å². The van der Waals surface area contributed by atoms with Gasteiger partial charge >= 0.3 is 0 Å². The molecule has 3 heterocycles. The summed E-state index contributed by atoms with van der Waals surface area (Å²) in [6.45, 7) is 2.03. The quantitative estimate of drug-likeness (QED) is 0.459. The summed E-state index contributed by atoms with van der Waals surface area (Å²) in [7, 11) is 0. The van der Waals surface area contributed by atoms with Gasteiger partial charge in [0.25, 0.3) is 0 Å². The number of nitrogens with zero attached hydrogens (tertiary/aromatic N) is 4. The van der Waals surface area contributed by atoms with Crippen molar-refractivity contribution in [3.8, 4) is 11.6 Å². The molecule has 1 atom stereocenters. The molecule has 0 saturated carbocycles. The molecule has 0 spiro atoms. The molecule has 2 aromatic heterocycles. The molecule has 0 saturated heterocycles. The molecule has 9 heteroatoms. The molecule has 0 bridgehead atoms. The van der Waals surface area contributed by atoms with E-state index in [1.165, 1.54) is 6.07 Å². The number of fused-ring (bicyclic) bond motifs is 1. The van der Waals surface area contributed by atoms with Crippen LogP contribution < -0.4 is 10.1 Å². The first-order chi connectivity index (χ1) is 16.0. The van der Waals surface area contributed by atoms with Crippen LogP contribution in [0.25, 0.3) is 5.82 Å². The SMILES string of the molecule is Cc1nn(-c2ccc(Cl)nn2)c2c1[C@H](c1ccc(OCc3ccccc3F)cc1)CC(=O)N2. The zero-order valence-corrected chi connectivity index (χ0v) is 18.4. The molecule has 5 rings (SSSR count). The van der Waals surface area contributed by atoms with Crippen LogP contribution in [0.3, 0.4) is 0 Å². The Labute approximate surface area is 194 Å². The number of aryl methyl sites for hydroxylation is 1. The molecule has 4 aromatic rings. The normalized spacial score (nSPS) is 15.1. The lowest BCUT2D eigenvalue weighted by Gasteiger charge is -2.24. The minimum Gasteiger partial charge on any atom is -0.489 e. The Hall–Kier alpha value is -3.78. The molecule has 166 valence electrons.